The van der Waals surface area contributed by atoms with E-state index >= 15 is 0 Å². The van der Waals surface area contributed by atoms with Gasteiger partial charge in [-0.2, -0.15) is 5.10 Å². The summed E-state index contributed by atoms with van der Waals surface area (Å²) in [5.74, 6) is 0.605. The number of carbonyl (C=O) groups is 1. The van der Waals surface area contributed by atoms with E-state index in [2.05, 4.69) is 46.5 Å². The first-order valence-corrected chi connectivity index (χ1v) is 10.2. The number of hydrogen-bond donors (Lipinski definition) is 1. The molecule has 2 aromatic rings. The molecule has 1 atom stereocenters. The summed E-state index contributed by atoms with van der Waals surface area (Å²) in [5, 5.41) is 7.59. The Kier molecular flexibility index (Phi) is 5.30. The summed E-state index contributed by atoms with van der Waals surface area (Å²) in [6, 6.07) is 8.71. The van der Waals surface area contributed by atoms with E-state index in [1.54, 1.807) is 0 Å². The third kappa shape index (κ3) is 3.79. The molecule has 4 rings (SSSR count). The van der Waals surface area contributed by atoms with Crippen molar-refractivity contribution in [2.75, 3.05) is 26.2 Å². The lowest BCUT2D eigenvalue weighted by Gasteiger charge is -2.17. The van der Waals surface area contributed by atoms with Gasteiger partial charge in [-0.1, -0.05) is 24.3 Å². The van der Waals surface area contributed by atoms with Crippen LogP contribution in [0.1, 0.15) is 58.1 Å². The van der Waals surface area contributed by atoms with Gasteiger partial charge in [0.1, 0.15) is 0 Å². The van der Waals surface area contributed by atoms with E-state index in [4.69, 9.17) is 0 Å². The van der Waals surface area contributed by atoms with Gasteiger partial charge in [0.05, 0.1) is 0 Å². The molecule has 1 fully saturated rings. The molecule has 2 heterocycles. The smallest absolute Gasteiger partial charge is 0.272 e. The third-order valence-electron chi connectivity index (χ3n) is 6.19. The molecule has 5 heteroatoms. The normalized spacial score (nSPS) is 19.9. The van der Waals surface area contributed by atoms with Crippen molar-refractivity contribution in [3.8, 4) is 0 Å². The number of nitrogens with zero attached hydrogens (tertiary/aromatic N) is 3. The molecule has 2 aliphatic rings. The number of aromatic nitrogens is 2. The lowest BCUT2D eigenvalue weighted by molar-refractivity contribution is 0.0943. The minimum Gasteiger partial charge on any atom is -0.349 e. The van der Waals surface area contributed by atoms with Gasteiger partial charge in [0, 0.05) is 37.9 Å². The van der Waals surface area contributed by atoms with Gasteiger partial charge >= 0.3 is 0 Å². The average Bonchev–Trinajstić information content (AvgIpc) is 3.27. The van der Waals surface area contributed by atoms with Crippen molar-refractivity contribution < 1.29 is 4.79 Å². The van der Waals surface area contributed by atoms with Crippen molar-refractivity contribution in [1.82, 2.24) is 20.0 Å². The monoisotopic (exact) mass is 366 g/mol. The zero-order chi connectivity index (χ0) is 18.8. The van der Waals surface area contributed by atoms with Crippen molar-refractivity contribution in [2.24, 2.45) is 7.05 Å². The van der Waals surface area contributed by atoms with Crippen LogP contribution in [0.3, 0.4) is 0 Å². The maximum absolute atomic E-state index is 12.6. The zero-order valence-corrected chi connectivity index (χ0v) is 16.5. The van der Waals surface area contributed by atoms with Crippen LogP contribution in [0.25, 0.3) is 0 Å². The highest BCUT2D eigenvalue weighted by Crippen LogP contribution is 2.29. The van der Waals surface area contributed by atoms with Crippen molar-refractivity contribution >= 4 is 5.91 Å². The summed E-state index contributed by atoms with van der Waals surface area (Å²) in [5.41, 5.74) is 5.92. The minimum absolute atomic E-state index is 0.0107. The summed E-state index contributed by atoms with van der Waals surface area (Å²) in [4.78, 5) is 15.1. The number of fused-ring (bicyclic) bond motifs is 1. The first-order chi connectivity index (χ1) is 13.1. The second-order valence-corrected chi connectivity index (χ2v) is 8.00. The van der Waals surface area contributed by atoms with E-state index in [0.717, 1.165) is 38.9 Å². The molecule has 1 aromatic heterocycles. The molecule has 0 saturated carbocycles. The predicted molar refractivity (Wildman–Crippen MR) is 107 cm³/mol. The van der Waals surface area contributed by atoms with Gasteiger partial charge in [-0.05, 0) is 62.6 Å². The zero-order valence-electron chi connectivity index (χ0n) is 16.5. The first kappa shape index (κ1) is 18.2. The molecule has 0 radical (unpaired) electrons. The molecule has 1 aliphatic carbocycles. The molecule has 27 heavy (non-hydrogen) atoms. The van der Waals surface area contributed by atoms with E-state index in [9.17, 15) is 4.79 Å². The molecular formula is C22H30N4O. The summed E-state index contributed by atoms with van der Waals surface area (Å²) in [7, 11) is 1.96. The molecule has 0 bridgehead atoms. The van der Waals surface area contributed by atoms with Gasteiger partial charge < -0.3 is 10.2 Å². The Balaban J connectivity index is 1.29. The van der Waals surface area contributed by atoms with Gasteiger partial charge in [0.25, 0.3) is 5.91 Å². The number of hydrogen-bond acceptors (Lipinski definition) is 3. The van der Waals surface area contributed by atoms with Crippen molar-refractivity contribution in [1.29, 1.82) is 0 Å². The fourth-order valence-corrected chi connectivity index (χ4v) is 4.70. The quantitative estimate of drug-likeness (QED) is 0.885. The number of nitrogens with one attached hydrogen (secondary N) is 1. The number of carbonyl (C=O) groups excluding carboxylic acids is 1. The van der Waals surface area contributed by atoms with Crippen LogP contribution in [0.4, 0.5) is 0 Å². The summed E-state index contributed by atoms with van der Waals surface area (Å²) in [6.45, 7) is 5.98. The van der Waals surface area contributed by atoms with Gasteiger partial charge in [0.2, 0.25) is 0 Å². The Labute approximate surface area is 161 Å². The number of likely N-dealkylation sites (tertiary alicyclic amines) is 1. The Morgan fingerprint density at radius 2 is 2.07 bits per heavy atom. The van der Waals surface area contributed by atoms with Crippen LogP contribution < -0.4 is 5.32 Å². The molecule has 0 spiro atoms. The summed E-state index contributed by atoms with van der Waals surface area (Å²) < 4.78 is 1.90. The highest BCUT2D eigenvalue weighted by molar-refractivity contribution is 5.94. The Morgan fingerprint density at radius 1 is 1.26 bits per heavy atom. The van der Waals surface area contributed by atoms with Gasteiger partial charge in [-0.3, -0.25) is 9.48 Å². The molecule has 1 saturated heterocycles. The van der Waals surface area contributed by atoms with Crippen LogP contribution in [0, 0.1) is 6.92 Å². The number of amides is 1. The molecule has 0 unspecified atom stereocenters. The van der Waals surface area contributed by atoms with E-state index in [0.29, 0.717) is 18.2 Å². The second-order valence-electron chi connectivity index (χ2n) is 8.00. The average molecular weight is 367 g/mol. The summed E-state index contributed by atoms with van der Waals surface area (Å²) in [6.07, 6.45) is 5.58. The van der Waals surface area contributed by atoms with Crippen molar-refractivity contribution in [2.45, 2.75) is 44.9 Å². The van der Waals surface area contributed by atoms with Crippen LogP contribution in [0.15, 0.2) is 24.3 Å². The lowest BCUT2D eigenvalue weighted by Crippen LogP contribution is -2.34. The second kappa shape index (κ2) is 7.85. The fourth-order valence-electron chi connectivity index (χ4n) is 4.70. The topological polar surface area (TPSA) is 50.2 Å². The fraction of sp³-hybridized carbons (Fsp3) is 0.545. The van der Waals surface area contributed by atoms with Crippen LogP contribution >= 0.6 is 0 Å². The van der Waals surface area contributed by atoms with E-state index in [1.165, 1.54) is 35.2 Å². The van der Waals surface area contributed by atoms with E-state index < -0.39 is 0 Å². The molecule has 1 N–H and O–H groups in total. The number of aryl methyl sites for hydroxylation is 2. The van der Waals surface area contributed by atoms with Gasteiger partial charge in [0.15, 0.2) is 5.69 Å². The molecular weight excluding hydrogens is 336 g/mol. The molecule has 144 valence electrons. The largest absolute Gasteiger partial charge is 0.349 e. The highest BCUT2D eigenvalue weighted by Gasteiger charge is 2.26. The van der Waals surface area contributed by atoms with Crippen molar-refractivity contribution in [3.05, 3.63) is 52.3 Å². The van der Waals surface area contributed by atoms with E-state index in [-0.39, 0.29) is 5.91 Å². The number of benzene rings is 1. The van der Waals surface area contributed by atoms with Crippen LogP contribution in [0.5, 0.6) is 0 Å². The molecule has 1 aliphatic heterocycles. The SMILES string of the molecule is Cc1ccccc1[C@H]1CCN(CCNC(=O)c2nn(C)c3c2CCCC3)C1. The van der Waals surface area contributed by atoms with Crippen LogP contribution in [0.2, 0.25) is 0 Å². The number of rotatable bonds is 5. The van der Waals surface area contributed by atoms with Crippen LogP contribution in [-0.2, 0) is 19.9 Å². The molecule has 1 aromatic carbocycles. The highest BCUT2D eigenvalue weighted by atomic mass is 16.1. The first-order valence-electron chi connectivity index (χ1n) is 10.2. The van der Waals surface area contributed by atoms with Crippen LogP contribution in [-0.4, -0.2) is 46.8 Å². The molecule has 1 amide bonds. The Hall–Kier alpha value is -2.14. The lowest BCUT2D eigenvalue weighted by atomic mass is 9.94. The standard InChI is InChI=1S/C22H30N4O/c1-16-7-3-4-8-18(16)17-11-13-26(15-17)14-12-23-22(27)21-19-9-5-6-10-20(19)25(2)24-21/h3-4,7-8,17H,5-6,9-15H2,1-2H3,(H,23,27)/t17-/m0/s1. The maximum atomic E-state index is 12.6. The summed E-state index contributed by atoms with van der Waals surface area (Å²) >= 11 is 0. The Bertz CT molecular complexity index is 826. The van der Waals surface area contributed by atoms with Gasteiger partial charge in [-0.25, -0.2) is 0 Å². The van der Waals surface area contributed by atoms with Gasteiger partial charge in [-0.15, -0.1) is 0 Å². The molecule has 5 nitrogen and oxygen atoms in total. The van der Waals surface area contributed by atoms with Crippen molar-refractivity contribution in [3.63, 3.8) is 0 Å². The predicted octanol–water partition coefficient (Wildman–Crippen LogP) is 2.83. The Morgan fingerprint density at radius 3 is 2.93 bits per heavy atom. The maximum Gasteiger partial charge on any atom is 0.272 e. The third-order valence-corrected chi connectivity index (χ3v) is 6.19. The van der Waals surface area contributed by atoms with E-state index in [1.807, 2.05) is 11.7 Å². The minimum atomic E-state index is -0.0107.